The van der Waals surface area contributed by atoms with Gasteiger partial charge in [-0.25, -0.2) is 4.79 Å². The van der Waals surface area contributed by atoms with E-state index in [4.69, 9.17) is 9.15 Å². The summed E-state index contributed by atoms with van der Waals surface area (Å²) >= 11 is 0. The lowest BCUT2D eigenvalue weighted by molar-refractivity contribution is 0.0610. The molecule has 1 aromatic heterocycles. The van der Waals surface area contributed by atoms with E-state index in [2.05, 4.69) is 0 Å². The predicted octanol–water partition coefficient (Wildman–Crippen LogP) is 2.34. The number of likely N-dealkylation sites (tertiary alicyclic amines) is 1. The number of nitrogens with zero attached hydrogens (tertiary/aromatic N) is 2. The SMILES string of the molecule is Cc1cc(C(=O)N2CCC(N3C(=O)OCC3C)CC2)oc1C. The molecule has 0 aromatic carbocycles. The zero-order valence-electron chi connectivity index (χ0n) is 13.3. The van der Waals surface area contributed by atoms with Crippen LogP contribution in [-0.2, 0) is 4.74 Å². The van der Waals surface area contributed by atoms with Crippen LogP contribution in [0, 0.1) is 13.8 Å². The first-order chi connectivity index (χ1) is 10.5. The number of piperidine rings is 1. The Morgan fingerprint density at radius 2 is 1.95 bits per heavy atom. The van der Waals surface area contributed by atoms with Gasteiger partial charge in [0.25, 0.3) is 5.91 Å². The molecule has 2 aliphatic rings. The number of hydrogen-bond donors (Lipinski definition) is 0. The van der Waals surface area contributed by atoms with Gasteiger partial charge in [-0.15, -0.1) is 0 Å². The molecule has 3 heterocycles. The highest BCUT2D eigenvalue weighted by Gasteiger charge is 2.38. The van der Waals surface area contributed by atoms with Crippen molar-refractivity contribution in [1.82, 2.24) is 9.80 Å². The van der Waals surface area contributed by atoms with Crippen LogP contribution in [0.1, 0.15) is 41.6 Å². The lowest BCUT2D eigenvalue weighted by Gasteiger charge is -2.36. The Hall–Kier alpha value is -1.98. The van der Waals surface area contributed by atoms with Crippen molar-refractivity contribution in [1.29, 1.82) is 0 Å². The monoisotopic (exact) mass is 306 g/mol. The van der Waals surface area contributed by atoms with Crippen molar-refractivity contribution < 1.29 is 18.7 Å². The number of amides is 2. The van der Waals surface area contributed by atoms with Gasteiger partial charge < -0.3 is 14.1 Å². The molecule has 2 saturated heterocycles. The maximum Gasteiger partial charge on any atom is 0.410 e. The molecule has 1 aromatic rings. The molecule has 22 heavy (non-hydrogen) atoms. The minimum absolute atomic E-state index is 0.0632. The Balaban J connectivity index is 1.62. The van der Waals surface area contributed by atoms with Gasteiger partial charge in [0.2, 0.25) is 0 Å². The summed E-state index contributed by atoms with van der Waals surface area (Å²) < 4.78 is 10.6. The van der Waals surface area contributed by atoms with Crippen LogP contribution >= 0.6 is 0 Å². The number of carbonyl (C=O) groups is 2. The molecule has 0 saturated carbocycles. The third-order valence-electron chi connectivity index (χ3n) is 4.66. The molecule has 2 aliphatic heterocycles. The number of aryl methyl sites for hydroxylation is 2. The van der Waals surface area contributed by atoms with E-state index in [0.29, 0.717) is 25.5 Å². The fraction of sp³-hybridized carbons (Fsp3) is 0.625. The first-order valence-corrected chi connectivity index (χ1v) is 7.78. The zero-order valence-corrected chi connectivity index (χ0v) is 13.3. The highest BCUT2D eigenvalue weighted by molar-refractivity contribution is 5.91. The van der Waals surface area contributed by atoms with Crippen molar-refractivity contribution >= 4 is 12.0 Å². The van der Waals surface area contributed by atoms with E-state index in [1.54, 1.807) is 11.0 Å². The van der Waals surface area contributed by atoms with Gasteiger partial charge in [0, 0.05) is 19.1 Å². The van der Waals surface area contributed by atoms with Gasteiger partial charge in [-0.2, -0.15) is 0 Å². The molecule has 1 atom stereocenters. The van der Waals surface area contributed by atoms with Gasteiger partial charge in [0.05, 0.1) is 6.04 Å². The number of furan rings is 1. The average Bonchev–Trinajstić information content (AvgIpc) is 3.01. The van der Waals surface area contributed by atoms with E-state index >= 15 is 0 Å². The molecule has 0 spiro atoms. The van der Waals surface area contributed by atoms with Crippen LogP contribution in [-0.4, -0.2) is 53.6 Å². The summed E-state index contributed by atoms with van der Waals surface area (Å²) in [7, 11) is 0. The molecule has 3 rings (SSSR count). The highest BCUT2D eigenvalue weighted by atomic mass is 16.6. The van der Waals surface area contributed by atoms with Crippen LogP contribution in [0.25, 0.3) is 0 Å². The lowest BCUT2D eigenvalue weighted by Crippen LogP contribution is -2.49. The van der Waals surface area contributed by atoms with Crippen LogP contribution in [0.2, 0.25) is 0 Å². The van der Waals surface area contributed by atoms with Crippen LogP contribution in [0.4, 0.5) is 4.79 Å². The van der Waals surface area contributed by atoms with Crippen molar-refractivity contribution in [2.45, 2.75) is 45.7 Å². The van der Waals surface area contributed by atoms with E-state index in [9.17, 15) is 9.59 Å². The van der Waals surface area contributed by atoms with Crippen LogP contribution in [0.3, 0.4) is 0 Å². The van der Waals surface area contributed by atoms with E-state index in [1.807, 2.05) is 25.7 Å². The van der Waals surface area contributed by atoms with Gasteiger partial charge in [-0.3, -0.25) is 9.69 Å². The zero-order chi connectivity index (χ0) is 15.9. The second-order valence-corrected chi connectivity index (χ2v) is 6.21. The molecule has 0 N–H and O–H groups in total. The number of rotatable bonds is 2. The summed E-state index contributed by atoms with van der Waals surface area (Å²) in [4.78, 5) is 27.8. The number of ether oxygens (including phenoxy) is 1. The van der Waals surface area contributed by atoms with Gasteiger partial charge in [-0.05, 0) is 45.2 Å². The standard InChI is InChI=1S/C16H22N2O4/c1-10-8-14(22-12(10)3)15(19)17-6-4-13(5-7-17)18-11(2)9-21-16(18)20/h8,11,13H,4-7,9H2,1-3H3. The van der Waals surface area contributed by atoms with E-state index < -0.39 is 0 Å². The van der Waals surface area contributed by atoms with E-state index in [-0.39, 0.29) is 24.1 Å². The Bertz CT molecular complexity index is 567. The first kappa shape index (κ1) is 14.9. The van der Waals surface area contributed by atoms with Crippen LogP contribution in [0.15, 0.2) is 10.5 Å². The summed E-state index contributed by atoms with van der Waals surface area (Å²) in [6, 6.07) is 2.08. The van der Waals surface area contributed by atoms with Crippen molar-refractivity contribution in [3.63, 3.8) is 0 Å². The highest BCUT2D eigenvalue weighted by Crippen LogP contribution is 2.25. The molecule has 0 bridgehead atoms. The van der Waals surface area contributed by atoms with E-state index in [0.717, 1.165) is 24.2 Å². The van der Waals surface area contributed by atoms with Crippen molar-refractivity contribution in [2.24, 2.45) is 0 Å². The van der Waals surface area contributed by atoms with Crippen molar-refractivity contribution in [3.05, 3.63) is 23.2 Å². The fourth-order valence-electron chi connectivity index (χ4n) is 3.22. The molecule has 6 nitrogen and oxygen atoms in total. The second-order valence-electron chi connectivity index (χ2n) is 6.21. The number of carbonyl (C=O) groups excluding carboxylic acids is 2. The van der Waals surface area contributed by atoms with Crippen LogP contribution in [0.5, 0.6) is 0 Å². The molecule has 0 aliphatic carbocycles. The van der Waals surface area contributed by atoms with Crippen LogP contribution < -0.4 is 0 Å². The molecule has 6 heteroatoms. The molecule has 2 amide bonds. The topological polar surface area (TPSA) is 63.0 Å². The Kier molecular flexibility index (Phi) is 3.85. The predicted molar refractivity (Wildman–Crippen MR) is 79.8 cm³/mol. The minimum atomic E-state index is -0.227. The summed E-state index contributed by atoms with van der Waals surface area (Å²) in [6.07, 6.45) is 1.34. The summed E-state index contributed by atoms with van der Waals surface area (Å²) in [6.45, 7) is 7.53. The summed E-state index contributed by atoms with van der Waals surface area (Å²) in [5.41, 5.74) is 0.992. The molecular weight excluding hydrogens is 284 g/mol. The molecule has 0 radical (unpaired) electrons. The molecular formula is C16H22N2O4. The summed E-state index contributed by atoms with van der Waals surface area (Å²) in [5, 5.41) is 0. The molecule has 120 valence electrons. The Morgan fingerprint density at radius 3 is 2.45 bits per heavy atom. The second kappa shape index (κ2) is 5.66. The molecule has 1 unspecified atom stereocenters. The number of hydrogen-bond acceptors (Lipinski definition) is 4. The average molecular weight is 306 g/mol. The summed E-state index contributed by atoms with van der Waals surface area (Å²) in [5.74, 6) is 1.13. The van der Waals surface area contributed by atoms with Gasteiger partial charge >= 0.3 is 6.09 Å². The third-order valence-corrected chi connectivity index (χ3v) is 4.66. The minimum Gasteiger partial charge on any atom is -0.456 e. The first-order valence-electron chi connectivity index (χ1n) is 7.78. The third kappa shape index (κ3) is 2.58. The molecule has 2 fully saturated rings. The largest absolute Gasteiger partial charge is 0.456 e. The number of cyclic esters (lactones) is 1. The van der Waals surface area contributed by atoms with Crippen molar-refractivity contribution in [2.75, 3.05) is 19.7 Å². The fourth-order valence-corrected chi connectivity index (χ4v) is 3.22. The normalized spacial score (nSPS) is 23.0. The Morgan fingerprint density at radius 1 is 1.27 bits per heavy atom. The van der Waals surface area contributed by atoms with Crippen molar-refractivity contribution in [3.8, 4) is 0 Å². The van der Waals surface area contributed by atoms with Gasteiger partial charge in [-0.1, -0.05) is 0 Å². The maximum absolute atomic E-state index is 12.4. The lowest BCUT2D eigenvalue weighted by atomic mass is 10.0. The smallest absolute Gasteiger partial charge is 0.410 e. The van der Waals surface area contributed by atoms with E-state index in [1.165, 1.54) is 0 Å². The quantitative estimate of drug-likeness (QED) is 0.841. The Labute approximate surface area is 130 Å². The van der Waals surface area contributed by atoms with Gasteiger partial charge in [0.15, 0.2) is 5.76 Å². The maximum atomic E-state index is 12.4. The van der Waals surface area contributed by atoms with Gasteiger partial charge in [0.1, 0.15) is 12.4 Å².